The van der Waals surface area contributed by atoms with Crippen LogP contribution in [0, 0.1) is 5.82 Å². The summed E-state index contributed by atoms with van der Waals surface area (Å²) in [5.41, 5.74) is 0.933. The number of carbonyl (C=O) groups excluding carboxylic acids is 2. The summed E-state index contributed by atoms with van der Waals surface area (Å²) >= 11 is 0. The van der Waals surface area contributed by atoms with Gasteiger partial charge in [0.2, 0.25) is 6.41 Å². The third kappa shape index (κ3) is 5.46. The Bertz CT molecular complexity index is 860. The van der Waals surface area contributed by atoms with E-state index in [0.717, 1.165) is 0 Å². The molecule has 1 aromatic heterocycles. The topological polar surface area (TPSA) is 94.9 Å². The number of aliphatic hydroxyl groups is 1. The SMILES string of the molecule is C/C(O)=C(\N=C(c1cccnc1)N(C)C=O)C(=O)NCc1ccc(F)cc1. The van der Waals surface area contributed by atoms with Crippen LogP contribution in [0.15, 0.2) is 65.2 Å². The number of carbonyl (C=O) groups is 2. The van der Waals surface area contributed by atoms with Crippen LogP contribution in [0.3, 0.4) is 0 Å². The predicted molar refractivity (Wildman–Crippen MR) is 98.2 cm³/mol. The summed E-state index contributed by atoms with van der Waals surface area (Å²) < 4.78 is 12.9. The molecule has 27 heavy (non-hydrogen) atoms. The number of aromatic nitrogens is 1. The Morgan fingerprint density at radius 2 is 2.04 bits per heavy atom. The lowest BCUT2D eigenvalue weighted by molar-refractivity contribution is -0.118. The Morgan fingerprint density at radius 1 is 1.33 bits per heavy atom. The fourth-order valence-corrected chi connectivity index (χ4v) is 2.16. The lowest BCUT2D eigenvalue weighted by atomic mass is 10.2. The molecule has 0 atom stereocenters. The van der Waals surface area contributed by atoms with Gasteiger partial charge in [0.15, 0.2) is 5.70 Å². The van der Waals surface area contributed by atoms with Crippen molar-refractivity contribution in [3.63, 3.8) is 0 Å². The molecule has 1 aromatic carbocycles. The molecule has 2 aromatic rings. The van der Waals surface area contributed by atoms with E-state index in [1.165, 1.54) is 49.3 Å². The fourth-order valence-electron chi connectivity index (χ4n) is 2.16. The highest BCUT2D eigenvalue weighted by molar-refractivity contribution is 6.06. The lowest BCUT2D eigenvalue weighted by Crippen LogP contribution is -2.29. The van der Waals surface area contributed by atoms with Gasteiger partial charge < -0.3 is 15.3 Å². The number of aliphatic imine (C=N–C) groups is 1. The van der Waals surface area contributed by atoms with Crippen LogP contribution in [0.4, 0.5) is 4.39 Å². The molecule has 7 nitrogen and oxygen atoms in total. The van der Waals surface area contributed by atoms with Crippen molar-refractivity contribution in [2.45, 2.75) is 13.5 Å². The van der Waals surface area contributed by atoms with Crippen molar-refractivity contribution >= 4 is 18.2 Å². The number of rotatable bonds is 6. The largest absolute Gasteiger partial charge is 0.510 e. The maximum atomic E-state index is 12.9. The van der Waals surface area contributed by atoms with Crippen molar-refractivity contribution in [3.05, 3.63) is 77.2 Å². The number of hydrogen-bond acceptors (Lipinski definition) is 5. The molecular formula is C19H19FN4O3. The van der Waals surface area contributed by atoms with Gasteiger partial charge in [0.05, 0.1) is 0 Å². The first kappa shape index (κ1) is 19.8. The van der Waals surface area contributed by atoms with E-state index in [2.05, 4.69) is 15.3 Å². The van der Waals surface area contributed by atoms with Crippen LogP contribution in [-0.4, -0.2) is 40.2 Å². The average molecular weight is 370 g/mol. The van der Waals surface area contributed by atoms with Crippen LogP contribution in [0.2, 0.25) is 0 Å². The van der Waals surface area contributed by atoms with Crippen LogP contribution in [-0.2, 0) is 16.1 Å². The van der Waals surface area contributed by atoms with Crippen molar-refractivity contribution < 1.29 is 19.1 Å². The number of hydrogen-bond donors (Lipinski definition) is 2. The number of amides is 2. The molecule has 2 amide bonds. The van der Waals surface area contributed by atoms with Crippen molar-refractivity contribution in [3.8, 4) is 0 Å². The van der Waals surface area contributed by atoms with Gasteiger partial charge in [-0.05, 0) is 36.8 Å². The Morgan fingerprint density at radius 3 is 2.59 bits per heavy atom. The molecule has 0 unspecified atom stereocenters. The predicted octanol–water partition coefficient (Wildman–Crippen LogP) is 2.16. The Balaban J connectivity index is 2.27. The van der Waals surface area contributed by atoms with Crippen LogP contribution in [0.1, 0.15) is 18.1 Å². The highest BCUT2D eigenvalue weighted by Crippen LogP contribution is 2.11. The molecule has 1 heterocycles. The van der Waals surface area contributed by atoms with Crippen LogP contribution >= 0.6 is 0 Å². The Labute approximate surface area is 155 Å². The first-order valence-corrected chi connectivity index (χ1v) is 8.02. The minimum atomic E-state index is -0.639. The molecule has 0 spiro atoms. The number of benzene rings is 1. The molecular weight excluding hydrogens is 351 g/mol. The zero-order chi connectivity index (χ0) is 19.8. The molecule has 0 saturated carbocycles. The van der Waals surface area contributed by atoms with Crippen molar-refractivity contribution in [1.82, 2.24) is 15.2 Å². The van der Waals surface area contributed by atoms with E-state index >= 15 is 0 Å². The molecule has 0 aliphatic heterocycles. The summed E-state index contributed by atoms with van der Waals surface area (Å²) in [4.78, 5) is 33.0. The van der Waals surface area contributed by atoms with E-state index in [9.17, 15) is 19.1 Å². The maximum Gasteiger partial charge on any atom is 0.273 e. The fraction of sp³-hybridized carbons (Fsp3) is 0.158. The molecule has 0 saturated heterocycles. The van der Waals surface area contributed by atoms with E-state index in [0.29, 0.717) is 17.5 Å². The van der Waals surface area contributed by atoms with Crippen LogP contribution in [0.25, 0.3) is 0 Å². The van der Waals surface area contributed by atoms with E-state index in [-0.39, 0.29) is 29.7 Å². The number of amidine groups is 1. The Kier molecular flexibility index (Phi) is 6.76. The zero-order valence-electron chi connectivity index (χ0n) is 14.9. The van der Waals surface area contributed by atoms with E-state index < -0.39 is 5.91 Å². The average Bonchev–Trinajstić information content (AvgIpc) is 2.68. The Hall–Kier alpha value is -3.55. The molecule has 0 aliphatic carbocycles. The summed E-state index contributed by atoms with van der Waals surface area (Å²) in [5, 5.41) is 12.5. The first-order valence-electron chi connectivity index (χ1n) is 8.02. The van der Waals surface area contributed by atoms with E-state index in [4.69, 9.17) is 0 Å². The highest BCUT2D eigenvalue weighted by Gasteiger charge is 2.17. The third-order valence-electron chi connectivity index (χ3n) is 3.55. The van der Waals surface area contributed by atoms with Crippen LogP contribution in [0.5, 0.6) is 0 Å². The second-order valence-corrected chi connectivity index (χ2v) is 5.64. The van der Waals surface area contributed by atoms with Gasteiger partial charge in [0.1, 0.15) is 17.4 Å². The van der Waals surface area contributed by atoms with Crippen LogP contribution < -0.4 is 5.32 Å². The smallest absolute Gasteiger partial charge is 0.273 e. The molecule has 8 heteroatoms. The van der Waals surface area contributed by atoms with Gasteiger partial charge in [-0.2, -0.15) is 0 Å². The van der Waals surface area contributed by atoms with Gasteiger partial charge in [-0.15, -0.1) is 0 Å². The summed E-state index contributed by atoms with van der Waals surface area (Å²) in [6, 6.07) is 8.98. The third-order valence-corrected chi connectivity index (χ3v) is 3.55. The summed E-state index contributed by atoms with van der Waals surface area (Å²) in [5.74, 6) is -1.18. The second kappa shape index (κ2) is 9.23. The van der Waals surface area contributed by atoms with Gasteiger partial charge in [0.25, 0.3) is 5.91 Å². The first-order chi connectivity index (χ1) is 12.9. The normalized spacial score (nSPS) is 12.2. The standard InChI is InChI=1S/C19H19FN4O3/c1-13(26)17(19(27)22-10-14-5-7-16(20)8-6-14)23-18(24(2)12-25)15-4-3-9-21-11-15/h3-9,11-12,26H,10H2,1-2H3,(H,22,27)/b17-13+,23-18?. The van der Waals surface area contributed by atoms with Gasteiger partial charge >= 0.3 is 0 Å². The van der Waals surface area contributed by atoms with Gasteiger partial charge in [-0.25, -0.2) is 9.38 Å². The van der Waals surface area contributed by atoms with Gasteiger partial charge in [0, 0.05) is 31.5 Å². The van der Waals surface area contributed by atoms with E-state index in [1.54, 1.807) is 18.3 Å². The summed E-state index contributed by atoms with van der Waals surface area (Å²) in [6.45, 7) is 1.44. The monoisotopic (exact) mass is 370 g/mol. The molecule has 0 radical (unpaired) electrons. The van der Waals surface area contributed by atoms with Gasteiger partial charge in [-0.1, -0.05) is 12.1 Å². The molecule has 0 bridgehead atoms. The number of nitrogens with one attached hydrogen (secondary N) is 1. The summed E-state index contributed by atoms with van der Waals surface area (Å²) in [6.07, 6.45) is 3.58. The van der Waals surface area contributed by atoms with Gasteiger partial charge in [-0.3, -0.25) is 14.6 Å². The maximum absolute atomic E-state index is 12.9. The zero-order valence-corrected chi connectivity index (χ0v) is 14.9. The molecule has 0 aliphatic rings. The van der Waals surface area contributed by atoms with E-state index in [1.807, 2.05) is 0 Å². The number of pyridine rings is 1. The van der Waals surface area contributed by atoms with Crippen molar-refractivity contribution in [1.29, 1.82) is 0 Å². The highest BCUT2D eigenvalue weighted by atomic mass is 19.1. The quantitative estimate of drug-likeness (QED) is 0.268. The molecule has 2 rings (SSSR count). The van der Waals surface area contributed by atoms with Crippen molar-refractivity contribution in [2.24, 2.45) is 4.99 Å². The lowest BCUT2D eigenvalue weighted by Gasteiger charge is -2.15. The van der Waals surface area contributed by atoms with Crippen molar-refractivity contribution in [2.75, 3.05) is 7.05 Å². The minimum Gasteiger partial charge on any atom is -0.510 e. The second-order valence-electron chi connectivity index (χ2n) is 5.64. The number of aliphatic hydroxyl groups excluding tert-OH is 1. The minimum absolute atomic E-state index is 0.122. The molecule has 0 fully saturated rings. The molecule has 140 valence electrons. The molecule has 2 N–H and O–H groups in total. The number of halogens is 1. The number of nitrogens with zero attached hydrogens (tertiary/aromatic N) is 3. The summed E-state index contributed by atoms with van der Waals surface area (Å²) in [7, 11) is 1.47. The number of allylic oxidation sites excluding steroid dienone is 1.